The predicted octanol–water partition coefficient (Wildman–Crippen LogP) is 4.79. The van der Waals surface area contributed by atoms with Gasteiger partial charge in [-0.05, 0) is 55.7 Å². The van der Waals surface area contributed by atoms with Crippen LogP contribution in [0.4, 0.5) is 0 Å². The zero-order chi connectivity index (χ0) is 12.4. The number of hydrogen-bond donors (Lipinski definition) is 0. The van der Waals surface area contributed by atoms with Crippen LogP contribution in [0, 0.1) is 11.8 Å². The van der Waals surface area contributed by atoms with Crippen molar-refractivity contribution in [2.75, 3.05) is 6.61 Å². The fraction of sp³-hybridized carbons (Fsp3) is 0.929. The van der Waals surface area contributed by atoms with Crippen molar-refractivity contribution < 1.29 is 4.43 Å². The van der Waals surface area contributed by atoms with E-state index < -0.39 is 8.32 Å². The number of hydrogen-bond acceptors (Lipinski definition) is 1. The molecule has 0 aliphatic heterocycles. The first-order chi connectivity index (χ1) is 7.22. The van der Waals surface area contributed by atoms with Gasteiger partial charge in [0.2, 0.25) is 0 Å². The van der Waals surface area contributed by atoms with Crippen LogP contribution in [0.15, 0.2) is 0 Å². The summed E-state index contributed by atoms with van der Waals surface area (Å²) in [4.78, 5) is 0. The minimum Gasteiger partial charge on any atom is -0.417 e. The molecule has 16 heavy (non-hydrogen) atoms. The molecule has 0 unspecified atom stereocenters. The normalized spacial score (nSPS) is 21.4. The van der Waals surface area contributed by atoms with Gasteiger partial charge in [-0.1, -0.05) is 27.7 Å². The Morgan fingerprint density at radius 3 is 2.12 bits per heavy atom. The zero-order valence-corrected chi connectivity index (χ0v) is 13.0. The molecule has 0 N–H and O–H groups in total. The summed E-state index contributed by atoms with van der Waals surface area (Å²) in [5.74, 6) is 2.50. The molecule has 1 rings (SSSR count). The highest BCUT2D eigenvalue weighted by atomic mass is 28.4. The van der Waals surface area contributed by atoms with Gasteiger partial charge < -0.3 is 4.43 Å². The summed E-state index contributed by atoms with van der Waals surface area (Å²) >= 11 is 0. The van der Waals surface area contributed by atoms with Gasteiger partial charge in [0.05, 0.1) is 0 Å². The van der Waals surface area contributed by atoms with Crippen LogP contribution in [0.1, 0.15) is 53.4 Å². The minimum atomic E-state index is -1.51. The smallest absolute Gasteiger partial charge is 0.191 e. The summed E-state index contributed by atoms with van der Waals surface area (Å²) in [6, 6.07) is 0. The molecule has 1 saturated carbocycles. The summed E-state index contributed by atoms with van der Waals surface area (Å²) in [5.41, 5.74) is 0. The third kappa shape index (κ3) is 3.88. The highest BCUT2D eigenvalue weighted by Crippen LogP contribution is 2.38. The lowest BCUT2D eigenvalue weighted by Gasteiger charge is -2.38. The summed E-state index contributed by atoms with van der Waals surface area (Å²) in [5, 5.41) is 0.351. The van der Waals surface area contributed by atoms with Crippen LogP contribution in [0.2, 0.25) is 18.1 Å². The highest BCUT2D eigenvalue weighted by molar-refractivity contribution is 6.74. The van der Waals surface area contributed by atoms with Crippen molar-refractivity contribution in [2.45, 2.75) is 71.5 Å². The maximum Gasteiger partial charge on any atom is 0.191 e. The van der Waals surface area contributed by atoms with Crippen LogP contribution < -0.4 is 0 Å². The lowest BCUT2D eigenvalue weighted by Crippen LogP contribution is -2.42. The fourth-order valence-corrected chi connectivity index (χ4v) is 2.97. The molecular formula is C14H29OSi. The van der Waals surface area contributed by atoms with Gasteiger partial charge in [0.25, 0.3) is 0 Å². The van der Waals surface area contributed by atoms with Gasteiger partial charge in [0.1, 0.15) is 0 Å². The van der Waals surface area contributed by atoms with E-state index in [1.807, 2.05) is 0 Å². The molecule has 0 amide bonds. The quantitative estimate of drug-likeness (QED) is 0.645. The SMILES string of the molecule is C[C]1CCC(CO[Si](C)(C)C(C)(C)C)CC1. The molecule has 1 fully saturated rings. The molecule has 2 heteroatoms. The van der Waals surface area contributed by atoms with E-state index in [0.717, 1.165) is 12.5 Å². The van der Waals surface area contributed by atoms with E-state index in [4.69, 9.17) is 4.43 Å². The van der Waals surface area contributed by atoms with E-state index in [1.165, 1.54) is 25.7 Å². The Balaban J connectivity index is 2.34. The van der Waals surface area contributed by atoms with E-state index in [-0.39, 0.29) is 0 Å². The van der Waals surface area contributed by atoms with Gasteiger partial charge in [-0.3, -0.25) is 0 Å². The first-order valence-electron chi connectivity index (χ1n) is 6.67. The molecule has 0 bridgehead atoms. The molecule has 1 aliphatic carbocycles. The fourth-order valence-electron chi connectivity index (χ4n) is 1.88. The average molecular weight is 241 g/mol. The zero-order valence-electron chi connectivity index (χ0n) is 12.0. The van der Waals surface area contributed by atoms with Gasteiger partial charge in [-0.2, -0.15) is 0 Å². The third-order valence-electron chi connectivity index (χ3n) is 4.44. The standard InChI is InChI=1S/C14H29OSi/c1-12-7-9-13(10-8-12)11-15-16(5,6)14(2,3)4/h13H,7-11H2,1-6H3. The number of rotatable bonds is 3. The molecule has 1 nitrogen and oxygen atoms in total. The second-order valence-corrected chi connectivity index (χ2v) is 11.8. The van der Waals surface area contributed by atoms with Crippen LogP contribution in [-0.2, 0) is 4.43 Å². The van der Waals surface area contributed by atoms with Crippen LogP contribution in [0.3, 0.4) is 0 Å². The Kier molecular flexibility index (Phi) is 4.64. The molecule has 0 atom stereocenters. The molecule has 0 aromatic rings. The first kappa shape index (κ1) is 14.2. The Bertz CT molecular complexity index is 209. The van der Waals surface area contributed by atoms with Gasteiger partial charge in [0.15, 0.2) is 8.32 Å². The molecular weight excluding hydrogens is 212 g/mol. The molecule has 1 aliphatic rings. The summed E-state index contributed by atoms with van der Waals surface area (Å²) in [7, 11) is -1.51. The van der Waals surface area contributed by atoms with E-state index in [0.29, 0.717) is 5.04 Å². The van der Waals surface area contributed by atoms with Crippen molar-refractivity contribution >= 4 is 8.32 Å². The van der Waals surface area contributed by atoms with Crippen molar-refractivity contribution in [2.24, 2.45) is 5.92 Å². The Morgan fingerprint density at radius 1 is 1.19 bits per heavy atom. The van der Waals surface area contributed by atoms with E-state index >= 15 is 0 Å². The highest BCUT2D eigenvalue weighted by Gasteiger charge is 2.37. The molecule has 0 saturated heterocycles. The van der Waals surface area contributed by atoms with Crippen molar-refractivity contribution in [3.63, 3.8) is 0 Å². The van der Waals surface area contributed by atoms with Gasteiger partial charge in [-0.25, -0.2) is 0 Å². The van der Waals surface area contributed by atoms with Gasteiger partial charge >= 0.3 is 0 Å². The van der Waals surface area contributed by atoms with Gasteiger partial charge in [-0.15, -0.1) is 0 Å². The van der Waals surface area contributed by atoms with Gasteiger partial charge in [0, 0.05) is 6.61 Å². The largest absolute Gasteiger partial charge is 0.417 e. The van der Waals surface area contributed by atoms with Crippen LogP contribution in [0.5, 0.6) is 0 Å². The first-order valence-corrected chi connectivity index (χ1v) is 9.58. The lowest BCUT2D eigenvalue weighted by atomic mass is 9.83. The van der Waals surface area contributed by atoms with Crippen molar-refractivity contribution in [1.82, 2.24) is 0 Å². The Hall–Kier alpha value is 0.177. The molecule has 0 heterocycles. The van der Waals surface area contributed by atoms with Crippen molar-refractivity contribution in [3.05, 3.63) is 5.92 Å². The predicted molar refractivity (Wildman–Crippen MR) is 74.0 cm³/mol. The second-order valence-electron chi connectivity index (χ2n) is 6.97. The Labute approximate surface area is 103 Å². The van der Waals surface area contributed by atoms with Crippen LogP contribution >= 0.6 is 0 Å². The molecule has 0 aromatic heterocycles. The third-order valence-corrected chi connectivity index (χ3v) is 8.95. The molecule has 1 radical (unpaired) electrons. The van der Waals surface area contributed by atoms with E-state index in [2.05, 4.69) is 40.8 Å². The average Bonchev–Trinajstić information content (AvgIpc) is 2.15. The Morgan fingerprint density at radius 2 is 1.69 bits per heavy atom. The summed E-state index contributed by atoms with van der Waals surface area (Å²) in [6.45, 7) is 15.0. The van der Waals surface area contributed by atoms with Crippen molar-refractivity contribution in [1.29, 1.82) is 0 Å². The van der Waals surface area contributed by atoms with E-state index in [1.54, 1.807) is 5.92 Å². The minimum absolute atomic E-state index is 0.351. The maximum atomic E-state index is 6.30. The molecule has 0 spiro atoms. The second kappa shape index (κ2) is 5.22. The van der Waals surface area contributed by atoms with Crippen LogP contribution in [-0.4, -0.2) is 14.9 Å². The monoisotopic (exact) mass is 241 g/mol. The molecule has 0 aromatic carbocycles. The van der Waals surface area contributed by atoms with E-state index in [9.17, 15) is 0 Å². The summed E-state index contributed by atoms with van der Waals surface area (Å²) in [6.07, 6.45) is 5.35. The van der Waals surface area contributed by atoms with Crippen LogP contribution in [0.25, 0.3) is 0 Å². The molecule has 95 valence electrons. The summed E-state index contributed by atoms with van der Waals surface area (Å²) < 4.78 is 6.30. The maximum absolute atomic E-state index is 6.30. The lowest BCUT2D eigenvalue weighted by molar-refractivity contribution is 0.199. The topological polar surface area (TPSA) is 9.23 Å². The van der Waals surface area contributed by atoms with Crippen molar-refractivity contribution in [3.8, 4) is 0 Å².